The maximum Gasteiger partial charge on any atom is 0.409 e. The van der Waals surface area contributed by atoms with Gasteiger partial charge in [0.15, 0.2) is 9.84 Å². The van der Waals surface area contributed by atoms with E-state index in [9.17, 15) is 26.8 Å². The molecule has 1 saturated heterocycles. The Labute approximate surface area is 214 Å². The molecule has 1 fully saturated rings. The first-order valence-corrected chi connectivity index (χ1v) is 13.4. The van der Waals surface area contributed by atoms with Gasteiger partial charge >= 0.3 is 6.09 Å². The van der Waals surface area contributed by atoms with Gasteiger partial charge in [-0.1, -0.05) is 25.4 Å². The van der Waals surface area contributed by atoms with Gasteiger partial charge in [-0.25, -0.2) is 22.0 Å². The number of rotatable bonds is 7. The molecule has 2 amide bonds. The fraction of sp³-hybridized carbons (Fsp3) is 0.440. The molecule has 2 unspecified atom stereocenters. The van der Waals surface area contributed by atoms with Crippen LogP contribution >= 0.6 is 11.6 Å². The van der Waals surface area contributed by atoms with E-state index in [0.29, 0.717) is 24.5 Å². The lowest BCUT2D eigenvalue weighted by Gasteiger charge is -2.37. The number of halogens is 3. The normalized spacial score (nSPS) is 16.8. The SMILES string of the molecule is CCC(=O)N1CCN(C(=O)OCC(C)C(C)(c2cc(F)ccc2F)S(=O)(=O)c2ccc(Cl)cc2)CC1. The Morgan fingerprint density at radius 2 is 1.64 bits per heavy atom. The second kappa shape index (κ2) is 11.1. The van der Waals surface area contributed by atoms with Crippen molar-refractivity contribution in [1.29, 1.82) is 0 Å². The molecule has 3 rings (SSSR count). The van der Waals surface area contributed by atoms with E-state index in [0.717, 1.165) is 18.2 Å². The van der Waals surface area contributed by atoms with Crippen LogP contribution in [0, 0.1) is 17.6 Å². The van der Waals surface area contributed by atoms with Gasteiger partial charge in [0.05, 0.1) is 11.5 Å². The van der Waals surface area contributed by atoms with Crippen LogP contribution in [0.5, 0.6) is 0 Å². The number of carbonyl (C=O) groups is 2. The molecule has 0 radical (unpaired) electrons. The van der Waals surface area contributed by atoms with E-state index in [2.05, 4.69) is 0 Å². The summed E-state index contributed by atoms with van der Waals surface area (Å²) in [6.45, 7) is 5.48. The predicted octanol–water partition coefficient (Wildman–Crippen LogP) is 4.63. The summed E-state index contributed by atoms with van der Waals surface area (Å²) in [5.74, 6) is -2.67. The van der Waals surface area contributed by atoms with Crippen LogP contribution in [0.15, 0.2) is 47.4 Å². The monoisotopic (exact) mass is 542 g/mol. The van der Waals surface area contributed by atoms with Crippen molar-refractivity contribution in [2.75, 3.05) is 32.8 Å². The number of hydrogen-bond acceptors (Lipinski definition) is 5. The largest absolute Gasteiger partial charge is 0.449 e. The van der Waals surface area contributed by atoms with Crippen molar-refractivity contribution in [3.8, 4) is 0 Å². The maximum absolute atomic E-state index is 15.0. The lowest BCUT2D eigenvalue weighted by molar-refractivity contribution is -0.132. The van der Waals surface area contributed by atoms with Crippen molar-refractivity contribution in [1.82, 2.24) is 9.80 Å². The van der Waals surface area contributed by atoms with Crippen LogP contribution in [-0.2, 0) is 24.1 Å². The predicted molar refractivity (Wildman–Crippen MR) is 131 cm³/mol. The average Bonchev–Trinajstić information content (AvgIpc) is 2.87. The Kier molecular flexibility index (Phi) is 8.61. The van der Waals surface area contributed by atoms with Crippen LogP contribution in [0.4, 0.5) is 13.6 Å². The van der Waals surface area contributed by atoms with E-state index in [1.165, 1.54) is 43.0 Å². The highest BCUT2D eigenvalue weighted by molar-refractivity contribution is 7.92. The maximum atomic E-state index is 15.0. The highest BCUT2D eigenvalue weighted by atomic mass is 35.5. The fourth-order valence-electron chi connectivity index (χ4n) is 4.22. The Balaban J connectivity index is 1.86. The molecule has 11 heteroatoms. The van der Waals surface area contributed by atoms with E-state index in [1.54, 1.807) is 11.8 Å². The molecule has 2 atom stereocenters. The zero-order valence-electron chi connectivity index (χ0n) is 20.3. The minimum atomic E-state index is -4.32. The van der Waals surface area contributed by atoms with Crippen molar-refractivity contribution in [2.24, 2.45) is 5.92 Å². The number of carbonyl (C=O) groups excluding carboxylic acids is 2. The standard InChI is InChI=1S/C25H29ClF2N2O5S/c1-4-23(31)29-11-13-30(14-12-29)24(32)35-16-17(2)25(3,21-15-19(27)7-10-22(21)28)36(33,34)20-8-5-18(26)6-9-20/h5-10,15,17H,4,11-14,16H2,1-3H3. The van der Waals surface area contributed by atoms with E-state index < -0.39 is 38.2 Å². The van der Waals surface area contributed by atoms with Gasteiger partial charge in [-0.2, -0.15) is 0 Å². The Morgan fingerprint density at radius 3 is 2.22 bits per heavy atom. The van der Waals surface area contributed by atoms with Crippen molar-refractivity contribution < 1.29 is 31.5 Å². The lowest BCUT2D eigenvalue weighted by Crippen LogP contribution is -2.51. The van der Waals surface area contributed by atoms with Crippen molar-refractivity contribution in [2.45, 2.75) is 36.8 Å². The van der Waals surface area contributed by atoms with Gasteiger partial charge in [0.2, 0.25) is 5.91 Å². The summed E-state index contributed by atoms with van der Waals surface area (Å²) in [7, 11) is -4.32. The molecule has 1 heterocycles. The van der Waals surface area contributed by atoms with Crippen LogP contribution in [0.3, 0.4) is 0 Å². The van der Waals surface area contributed by atoms with Gasteiger partial charge in [-0.3, -0.25) is 4.79 Å². The van der Waals surface area contributed by atoms with Crippen molar-refractivity contribution in [3.63, 3.8) is 0 Å². The topological polar surface area (TPSA) is 84.0 Å². The third-order valence-corrected chi connectivity index (χ3v) is 9.62. The molecule has 7 nitrogen and oxygen atoms in total. The van der Waals surface area contributed by atoms with Crippen LogP contribution in [0.25, 0.3) is 0 Å². The van der Waals surface area contributed by atoms with E-state index >= 15 is 0 Å². The minimum Gasteiger partial charge on any atom is -0.449 e. The first-order chi connectivity index (χ1) is 16.9. The van der Waals surface area contributed by atoms with Gasteiger partial charge in [0, 0.05) is 49.1 Å². The minimum absolute atomic E-state index is 0.00284. The molecule has 36 heavy (non-hydrogen) atoms. The highest BCUT2D eigenvalue weighted by Crippen LogP contribution is 2.43. The summed E-state index contributed by atoms with van der Waals surface area (Å²) in [4.78, 5) is 27.5. The van der Waals surface area contributed by atoms with Crippen LogP contribution < -0.4 is 0 Å². The Bertz CT molecular complexity index is 1220. The molecule has 0 spiro atoms. The van der Waals surface area contributed by atoms with E-state index in [4.69, 9.17) is 16.3 Å². The third kappa shape index (κ3) is 5.49. The molecule has 1 aliphatic rings. The molecule has 1 aliphatic heterocycles. The second-order valence-electron chi connectivity index (χ2n) is 8.89. The number of sulfone groups is 1. The smallest absolute Gasteiger partial charge is 0.409 e. The Morgan fingerprint density at radius 1 is 1.06 bits per heavy atom. The van der Waals surface area contributed by atoms with Gasteiger partial charge in [0.1, 0.15) is 16.4 Å². The number of nitrogens with zero attached hydrogens (tertiary/aromatic N) is 2. The fourth-order valence-corrected chi connectivity index (χ4v) is 6.37. The molecule has 0 aliphatic carbocycles. The Hall–Kier alpha value is -2.72. The van der Waals surface area contributed by atoms with Gasteiger partial charge in [-0.15, -0.1) is 0 Å². The lowest BCUT2D eigenvalue weighted by atomic mass is 9.87. The molecule has 0 aromatic heterocycles. The van der Waals surface area contributed by atoms with Gasteiger partial charge in [0.25, 0.3) is 0 Å². The summed E-state index contributed by atoms with van der Waals surface area (Å²) in [5, 5.41) is 0.315. The quantitative estimate of drug-likeness (QED) is 0.509. The third-order valence-electron chi connectivity index (χ3n) is 6.74. The molecule has 2 aromatic carbocycles. The van der Waals surface area contributed by atoms with Crippen LogP contribution in [0.1, 0.15) is 32.8 Å². The molecular formula is C25H29ClF2N2O5S. The molecule has 0 bridgehead atoms. The van der Waals surface area contributed by atoms with Crippen LogP contribution in [-0.4, -0.2) is 63.0 Å². The first kappa shape index (κ1) is 27.9. The highest BCUT2D eigenvalue weighted by Gasteiger charge is 2.49. The number of benzene rings is 2. The average molecular weight is 543 g/mol. The van der Waals surface area contributed by atoms with E-state index in [1.807, 2.05) is 0 Å². The zero-order valence-corrected chi connectivity index (χ0v) is 21.9. The first-order valence-electron chi connectivity index (χ1n) is 11.6. The van der Waals surface area contributed by atoms with Gasteiger partial charge in [-0.05, 0) is 49.4 Å². The number of piperazine rings is 1. The second-order valence-corrected chi connectivity index (χ2v) is 11.7. The number of hydrogen-bond donors (Lipinski definition) is 0. The van der Waals surface area contributed by atoms with Gasteiger partial charge < -0.3 is 14.5 Å². The summed E-state index contributed by atoms with van der Waals surface area (Å²) in [5.41, 5.74) is -0.368. The summed E-state index contributed by atoms with van der Waals surface area (Å²) < 4.78 is 60.2. The molecule has 2 aromatic rings. The summed E-state index contributed by atoms with van der Waals surface area (Å²) >= 11 is 5.91. The molecule has 0 N–H and O–H groups in total. The molecular weight excluding hydrogens is 514 g/mol. The zero-order chi connectivity index (χ0) is 26.7. The summed E-state index contributed by atoms with van der Waals surface area (Å²) in [6, 6.07) is 8.00. The number of amides is 2. The van der Waals surface area contributed by atoms with Crippen molar-refractivity contribution in [3.05, 3.63) is 64.7 Å². The van der Waals surface area contributed by atoms with Crippen LogP contribution in [0.2, 0.25) is 5.02 Å². The summed E-state index contributed by atoms with van der Waals surface area (Å²) in [6.07, 6.45) is -0.296. The van der Waals surface area contributed by atoms with Crippen molar-refractivity contribution >= 4 is 33.4 Å². The number of ether oxygens (including phenoxy) is 1. The molecule has 0 saturated carbocycles. The molecule has 196 valence electrons. The van der Waals surface area contributed by atoms with E-state index in [-0.39, 0.29) is 36.1 Å².